The lowest BCUT2D eigenvalue weighted by Gasteiger charge is -2.18. The smallest absolute Gasteiger partial charge is 0.325 e. The predicted molar refractivity (Wildman–Crippen MR) is 112 cm³/mol. The van der Waals surface area contributed by atoms with Gasteiger partial charge >= 0.3 is 7.60 Å². The molecular formula is C18H13ClNO4PS2. The van der Waals surface area contributed by atoms with Gasteiger partial charge in [-0.25, -0.2) is 0 Å². The van der Waals surface area contributed by atoms with Crippen LogP contribution in [0.15, 0.2) is 53.2 Å². The third-order valence-electron chi connectivity index (χ3n) is 4.16. The van der Waals surface area contributed by atoms with E-state index in [2.05, 4.69) is 5.32 Å². The van der Waals surface area contributed by atoms with Crippen molar-refractivity contribution < 1.29 is 19.1 Å². The van der Waals surface area contributed by atoms with E-state index in [-0.39, 0.29) is 5.56 Å². The predicted octanol–water partition coefficient (Wildman–Crippen LogP) is 5.63. The Labute approximate surface area is 167 Å². The third-order valence-corrected chi connectivity index (χ3v) is 7.46. The fourth-order valence-corrected chi connectivity index (χ4v) is 5.92. The highest BCUT2D eigenvalue weighted by Gasteiger charge is 2.39. The minimum absolute atomic E-state index is 0.278. The van der Waals surface area contributed by atoms with Crippen LogP contribution in [0.1, 0.15) is 11.2 Å². The molecule has 1 unspecified atom stereocenters. The Morgan fingerprint density at radius 2 is 1.85 bits per heavy atom. The van der Waals surface area contributed by atoms with Crippen LogP contribution in [0, 0.1) is 0 Å². The van der Waals surface area contributed by atoms with E-state index in [4.69, 9.17) is 11.6 Å². The maximum absolute atomic E-state index is 12.8. The molecule has 2 aromatic heterocycles. The second-order valence-corrected chi connectivity index (χ2v) is 9.98. The summed E-state index contributed by atoms with van der Waals surface area (Å²) in [6.45, 7) is 0. The Morgan fingerprint density at radius 1 is 1.07 bits per heavy atom. The first-order valence-electron chi connectivity index (χ1n) is 7.83. The highest BCUT2D eigenvalue weighted by molar-refractivity contribution is 7.53. The maximum Gasteiger partial charge on any atom is 0.342 e. The van der Waals surface area contributed by atoms with Gasteiger partial charge in [0, 0.05) is 20.1 Å². The molecule has 27 heavy (non-hydrogen) atoms. The summed E-state index contributed by atoms with van der Waals surface area (Å²) in [6.07, 6.45) is 0. The molecule has 0 bridgehead atoms. The van der Waals surface area contributed by atoms with Gasteiger partial charge in [-0.1, -0.05) is 11.6 Å². The number of benzene rings is 2. The monoisotopic (exact) mass is 437 g/mol. The molecule has 0 radical (unpaired) electrons. The molecule has 0 saturated carbocycles. The summed E-state index contributed by atoms with van der Waals surface area (Å²) in [4.78, 5) is 32.6. The number of fused-ring (bicyclic) bond motifs is 2. The van der Waals surface area contributed by atoms with Crippen molar-refractivity contribution in [3.05, 3.63) is 63.8 Å². The molecular weight excluding hydrogens is 425 g/mol. The quantitative estimate of drug-likeness (QED) is 0.361. The second-order valence-electron chi connectivity index (χ2n) is 5.99. The molecule has 1 atom stereocenters. The van der Waals surface area contributed by atoms with Gasteiger partial charge in [0.25, 0.3) is 0 Å². The van der Waals surface area contributed by atoms with E-state index < -0.39 is 19.2 Å². The fourth-order valence-electron chi connectivity index (χ4n) is 2.96. The lowest BCUT2D eigenvalue weighted by molar-refractivity contribution is -0.116. The summed E-state index contributed by atoms with van der Waals surface area (Å²) < 4.78 is 14.0. The molecule has 3 N–H and O–H groups in total. The molecule has 0 spiro atoms. The minimum Gasteiger partial charge on any atom is -0.325 e. The lowest BCUT2D eigenvalue weighted by atomic mass is 10.1. The zero-order valence-corrected chi connectivity index (χ0v) is 16.9. The summed E-state index contributed by atoms with van der Waals surface area (Å²) in [7, 11) is -4.76. The Balaban J connectivity index is 1.74. The van der Waals surface area contributed by atoms with E-state index in [1.165, 1.54) is 11.3 Å². The maximum atomic E-state index is 12.8. The first-order chi connectivity index (χ1) is 12.8. The number of nitrogens with one attached hydrogen (secondary N) is 1. The molecule has 0 aliphatic carbocycles. The van der Waals surface area contributed by atoms with Gasteiger partial charge < -0.3 is 15.1 Å². The van der Waals surface area contributed by atoms with Crippen molar-refractivity contribution in [2.75, 3.05) is 5.32 Å². The van der Waals surface area contributed by atoms with E-state index in [0.717, 1.165) is 14.8 Å². The average Bonchev–Trinajstić information content (AvgIpc) is 3.20. The van der Waals surface area contributed by atoms with Crippen LogP contribution in [-0.4, -0.2) is 15.7 Å². The van der Waals surface area contributed by atoms with Crippen LogP contribution < -0.4 is 5.32 Å². The Hall–Kier alpha value is -1.73. The number of thiophene rings is 2. The molecule has 0 saturated heterocycles. The molecule has 0 aliphatic heterocycles. The third kappa shape index (κ3) is 3.67. The zero-order chi connectivity index (χ0) is 19.2. The van der Waals surface area contributed by atoms with Crippen molar-refractivity contribution >= 4 is 73.6 Å². The van der Waals surface area contributed by atoms with Crippen molar-refractivity contribution in [1.82, 2.24) is 0 Å². The number of halogens is 1. The number of rotatable bonds is 4. The van der Waals surface area contributed by atoms with Crippen molar-refractivity contribution in [3.63, 3.8) is 0 Å². The van der Waals surface area contributed by atoms with Crippen LogP contribution in [-0.2, 0) is 9.36 Å². The van der Waals surface area contributed by atoms with Crippen molar-refractivity contribution in [3.8, 4) is 0 Å². The van der Waals surface area contributed by atoms with E-state index in [1.54, 1.807) is 47.0 Å². The highest BCUT2D eigenvalue weighted by atomic mass is 35.5. The first kappa shape index (κ1) is 18.6. The molecule has 4 aromatic rings. The van der Waals surface area contributed by atoms with Gasteiger partial charge in [-0.3, -0.25) is 9.36 Å². The largest absolute Gasteiger partial charge is 0.342 e. The van der Waals surface area contributed by atoms with Crippen LogP contribution in [0.3, 0.4) is 0 Å². The molecule has 5 nitrogen and oxygen atoms in total. The molecule has 138 valence electrons. The van der Waals surface area contributed by atoms with Gasteiger partial charge in [0.15, 0.2) is 5.66 Å². The van der Waals surface area contributed by atoms with E-state index in [9.17, 15) is 19.1 Å². The van der Waals surface area contributed by atoms with Crippen molar-refractivity contribution in [1.29, 1.82) is 0 Å². The summed E-state index contributed by atoms with van der Waals surface area (Å²) in [6, 6.07) is 12.4. The number of amides is 1. The average molecular weight is 438 g/mol. The van der Waals surface area contributed by atoms with Crippen molar-refractivity contribution in [2.45, 2.75) is 5.66 Å². The molecule has 9 heteroatoms. The van der Waals surface area contributed by atoms with Gasteiger partial charge in [0.05, 0.1) is 0 Å². The first-order valence-corrected chi connectivity index (χ1v) is 11.6. The molecule has 0 aliphatic rings. The Kier molecular flexibility index (Phi) is 4.84. The van der Waals surface area contributed by atoms with Gasteiger partial charge in [0.1, 0.15) is 0 Å². The summed E-state index contributed by atoms with van der Waals surface area (Å²) in [5, 5.41) is 8.16. The second kappa shape index (κ2) is 7.02. The lowest BCUT2D eigenvalue weighted by Crippen LogP contribution is -2.21. The standard InChI is InChI=1S/C18H13ClNO4PS2/c19-11-1-3-16-13(8-11)14(9-27-16)17(25(22,23)24)18(21)20-12-2-4-15-10(7-12)5-6-26-15/h1-9,17H,(H,20,21)(H2,22,23,24). The van der Waals surface area contributed by atoms with E-state index >= 15 is 0 Å². The normalized spacial score (nSPS) is 13.1. The van der Waals surface area contributed by atoms with Gasteiger partial charge in [-0.05, 0) is 69.6 Å². The molecule has 1 amide bonds. The van der Waals surface area contributed by atoms with Gasteiger partial charge in [-0.2, -0.15) is 0 Å². The zero-order valence-electron chi connectivity index (χ0n) is 13.6. The minimum atomic E-state index is -4.76. The summed E-state index contributed by atoms with van der Waals surface area (Å²) >= 11 is 8.92. The summed E-state index contributed by atoms with van der Waals surface area (Å²) in [5.74, 6) is -0.752. The van der Waals surface area contributed by atoms with Crippen LogP contribution in [0.25, 0.3) is 20.2 Å². The van der Waals surface area contributed by atoms with Crippen LogP contribution in [0.4, 0.5) is 5.69 Å². The van der Waals surface area contributed by atoms with Crippen LogP contribution in [0.2, 0.25) is 5.02 Å². The molecule has 2 aromatic carbocycles. The Bertz CT molecular complexity index is 1210. The van der Waals surface area contributed by atoms with Gasteiger partial charge in [-0.15, -0.1) is 22.7 Å². The number of carbonyl (C=O) groups excluding carboxylic acids is 1. The number of anilines is 1. The number of hydrogen-bond donors (Lipinski definition) is 3. The van der Waals surface area contributed by atoms with Crippen molar-refractivity contribution in [2.24, 2.45) is 0 Å². The molecule has 0 fully saturated rings. The van der Waals surface area contributed by atoms with E-state index in [1.807, 2.05) is 17.5 Å². The Morgan fingerprint density at radius 3 is 2.63 bits per heavy atom. The molecule has 2 heterocycles. The van der Waals surface area contributed by atoms with E-state index in [0.29, 0.717) is 16.1 Å². The number of carbonyl (C=O) groups is 1. The topological polar surface area (TPSA) is 86.6 Å². The van der Waals surface area contributed by atoms with Crippen LogP contribution in [0.5, 0.6) is 0 Å². The highest BCUT2D eigenvalue weighted by Crippen LogP contribution is 2.54. The number of hydrogen-bond acceptors (Lipinski definition) is 4. The summed E-state index contributed by atoms with van der Waals surface area (Å²) in [5.41, 5.74) is -0.843. The molecule has 4 rings (SSSR count). The van der Waals surface area contributed by atoms with Crippen LogP contribution >= 0.6 is 41.9 Å². The van der Waals surface area contributed by atoms with Gasteiger partial charge in [0.2, 0.25) is 5.91 Å². The fraction of sp³-hybridized carbons (Fsp3) is 0.0556. The SMILES string of the molecule is O=C(Nc1ccc2sccc2c1)C(c1csc2ccc(Cl)cc12)P(=O)(O)O.